The lowest BCUT2D eigenvalue weighted by Crippen LogP contribution is -2.44. The van der Waals surface area contributed by atoms with Crippen LogP contribution in [0.15, 0.2) is 35.6 Å². The predicted molar refractivity (Wildman–Crippen MR) is 115 cm³/mol. The van der Waals surface area contributed by atoms with E-state index in [1.54, 1.807) is 0 Å². The first-order valence-corrected chi connectivity index (χ1v) is 10.3. The van der Waals surface area contributed by atoms with Crippen LogP contribution in [-0.2, 0) is 6.42 Å². The monoisotopic (exact) mass is 408 g/mol. The molecule has 1 aliphatic heterocycles. The molecule has 4 heterocycles. The highest BCUT2D eigenvalue weighted by molar-refractivity contribution is 5.92. The van der Waals surface area contributed by atoms with Crippen LogP contribution in [0.4, 0.5) is 16.0 Å². The Kier molecular flexibility index (Phi) is 4.92. The van der Waals surface area contributed by atoms with E-state index in [4.69, 9.17) is 10.7 Å². The third kappa shape index (κ3) is 3.54. The Labute approximate surface area is 173 Å². The van der Waals surface area contributed by atoms with Crippen LogP contribution in [0.5, 0.6) is 0 Å². The summed E-state index contributed by atoms with van der Waals surface area (Å²) in [4.78, 5) is 14.0. The fraction of sp³-hybridized carbons (Fsp3) is 0.429. The van der Waals surface area contributed by atoms with Gasteiger partial charge in [-0.2, -0.15) is 0 Å². The number of nitrogens with zero attached hydrogens (tertiary/aromatic N) is 5. The van der Waals surface area contributed by atoms with Crippen molar-refractivity contribution in [3.05, 3.63) is 36.3 Å². The van der Waals surface area contributed by atoms with Gasteiger partial charge in [-0.3, -0.25) is 9.98 Å². The molecule has 3 aromatic rings. The highest BCUT2D eigenvalue weighted by Gasteiger charge is 2.26. The number of fused-ring (bicyclic) bond motifs is 2. The number of nitrogens with two attached hydrogens (primary N) is 1. The third-order valence-electron chi connectivity index (χ3n) is 5.83. The Balaban J connectivity index is 1.41. The van der Waals surface area contributed by atoms with Crippen molar-refractivity contribution in [2.45, 2.75) is 44.3 Å². The molecule has 0 saturated heterocycles. The number of hydrogen-bond acceptors (Lipinski definition) is 7. The number of aromatic nitrogens is 4. The van der Waals surface area contributed by atoms with E-state index in [0.29, 0.717) is 25.0 Å². The molecule has 1 fully saturated rings. The Morgan fingerprint density at radius 2 is 2.13 bits per heavy atom. The molecule has 1 atom stereocenters. The summed E-state index contributed by atoms with van der Waals surface area (Å²) in [5.41, 5.74) is 11.3. The van der Waals surface area contributed by atoms with E-state index in [-0.39, 0.29) is 12.1 Å². The van der Waals surface area contributed by atoms with Gasteiger partial charge >= 0.3 is 0 Å². The largest absolute Gasteiger partial charge is 0.350 e. The summed E-state index contributed by atoms with van der Waals surface area (Å²) in [6.07, 6.45) is 6.32. The molecular weight excluding hydrogens is 383 g/mol. The van der Waals surface area contributed by atoms with E-state index in [1.165, 1.54) is 0 Å². The Bertz CT molecular complexity index is 1100. The molecule has 3 aromatic heterocycles. The van der Waals surface area contributed by atoms with Crippen LogP contribution in [-0.4, -0.2) is 56.6 Å². The summed E-state index contributed by atoms with van der Waals surface area (Å²) < 4.78 is 14.4. The molecular formula is C21H25FN8. The molecule has 1 aliphatic carbocycles. The van der Waals surface area contributed by atoms with Crippen LogP contribution < -0.4 is 16.4 Å². The molecule has 1 saturated carbocycles. The topological polar surface area (TPSA) is 106 Å². The maximum absolute atomic E-state index is 12.6. The Morgan fingerprint density at radius 1 is 1.27 bits per heavy atom. The molecule has 4 N–H and O–H groups in total. The first kappa shape index (κ1) is 19.1. The summed E-state index contributed by atoms with van der Waals surface area (Å²) in [6, 6.07) is 6.60. The number of alkyl halides is 1. The molecule has 156 valence electrons. The van der Waals surface area contributed by atoms with Gasteiger partial charge in [0.15, 0.2) is 0 Å². The second-order valence-electron chi connectivity index (χ2n) is 8.03. The van der Waals surface area contributed by atoms with Gasteiger partial charge in [-0.1, -0.05) is 0 Å². The lowest BCUT2D eigenvalue weighted by Gasteiger charge is -2.32. The van der Waals surface area contributed by atoms with Crippen molar-refractivity contribution in [1.29, 1.82) is 0 Å². The Hall–Kier alpha value is -2.91. The summed E-state index contributed by atoms with van der Waals surface area (Å²) >= 11 is 0. The molecule has 30 heavy (non-hydrogen) atoms. The van der Waals surface area contributed by atoms with Crippen LogP contribution in [0.1, 0.15) is 25.5 Å². The quantitative estimate of drug-likeness (QED) is 0.578. The maximum atomic E-state index is 12.6. The van der Waals surface area contributed by atoms with Crippen LogP contribution in [0.2, 0.25) is 0 Å². The maximum Gasteiger partial charge on any atom is 0.241 e. The van der Waals surface area contributed by atoms with Gasteiger partial charge in [-0.05, 0) is 38.0 Å². The molecule has 5 rings (SSSR count). The van der Waals surface area contributed by atoms with Crippen LogP contribution >= 0.6 is 0 Å². The van der Waals surface area contributed by atoms with Gasteiger partial charge in [0.1, 0.15) is 6.67 Å². The SMILES string of the molecule is CC1=Nc2ccc(-c3ccn4nc(NC5CC(N)C5)ncc34)nc2CC1NCCF. The minimum absolute atomic E-state index is 0.0124. The van der Waals surface area contributed by atoms with E-state index in [9.17, 15) is 4.39 Å². The number of aliphatic imine (C=N–C) groups is 1. The number of anilines is 1. The Morgan fingerprint density at radius 3 is 2.93 bits per heavy atom. The first-order chi connectivity index (χ1) is 14.6. The van der Waals surface area contributed by atoms with Gasteiger partial charge < -0.3 is 16.4 Å². The smallest absolute Gasteiger partial charge is 0.241 e. The number of halogens is 1. The zero-order valence-corrected chi connectivity index (χ0v) is 16.8. The highest BCUT2D eigenvalue weighted by atomic mass is 19.1. The molecule has 0 aromatic carbocycles. The molecule has 2 aliphatic rings. The minimum atomic E-state index is -0.398. The normalized spacial score (nSPS) is 23.0. The van der Waals surface area contributed by atoms with E-state index < -0.39 is 6.67 Å². The summed E-state index contributed by atoms with van der Waals surface area (Å²) in [6.45, 7) is 1.89. The first-order valence-electron chi connectivity index (χ1n) is 10.3. The van der Waals surface area contributed by atoms with Gasteiger partial charge in [0.2, 0.25) is 5.95 Å². The fourth-order valence-corrected chi connectivity index (χ4v) is 4.10. The molecule has 0 bridgehead atoms. The summed E-state index contributed by atoms with van der Waals surface area (Å²) in [7, 11) is 0. The summed E-state index contributed by atoms with van der Waals surface area (Å²) in [5, 5.41) is 11.1. The van der Waals surface area contributed by atoms with Gasteiger partial charge in [0.25, 0.3) is 0 Å². The van der Waals surface area contributed by atoms with Gasteiger partial charge in [-0.15, -0.1) is 5.10 Å². The minimum Gasteiger partial charge on any atom is -0.350 e. The van der Waals surface area contributed by atoms with Crippen molar-refractivity contribution in [2.75, 3.05) is 18.5 Å². The average Bonchev–Trinajstić information content (AvgIpc) is 3.14. The van der Waals surface area contributed by atoms with E-state index in [0.717, 1.165) is 46.7 Å². The van der Waals surface area contributed by atoms with Gasteiger partial charge in [0.05, 0.1) is 34.8 Å². The van der Waals surface area contributed by atoms with Gasteiger partial charge in [-0.25, -0.2) is 13.9 Å². The van der Waals surface area contributed by atoms with Crippen molar-refractivity contribution < 1.29 is 4.39 Å². The molecule has 1 unspecified atom stereocenters. The summed E-state index contributed by atoms with van der Waals surface area (Å²) in [5.74, 6) is 0.603. The van der Waals surface area contributed by atoms with Crippen LogP contribution in [0.3, 0.4) is 0 Å². The number of pyridine rings is 1. The highest BCUT2D eigenvalue weighted by Crippen LogP contribution is 2.30. The average molecular weight is 408 g/mol. The van der Waals surface area contributed by atoms with Crippen molar-refractivity contribution in [1.82, 2.24) is 24.9 Å². The standard InChI is InChI=1S/C21H25FN8/c1-12-18(24-6-5-22)10-19-17(26-12)3-2-16(28-19)15-4-7-30-20(15)11-25-21(29-30)27-14-8-13(23)9-14/h2-4,7,11,13-14,18,24H,5-6,8-10,23H2,1H3,(H,27,29). The molecule has 8 nitrogen and oxygen atoms in total. The second-order valence-corrected chi connectivity index (χ2v) is 8.03. The van der Waals surface area contributed by atoms with E-state index in [1.807, 2.05) is 42.0 Å². The second kappa shape index (κ2) is 7.73. The van der Waals surface area contributed by atoms with Crippen molar-refractivity contribution in [3.63, 3.8) is 0 Å². The van der Waals surface area contributed by atoms with Crippen LogP contribution in [0, 0.1) is 0 Å². The lowest BCUT2D eigenvalue weighted by molar-refractivity contribution is 0.371. The van der Waals surface area contributed by atoms with E-state index in [2.05, 4.69) is 25.7 Å². The van der Waals surface area contributed by atoms with E-state index >= 15 is 0 Å². The number of rotatable bonds is 6. The third-order valence-corrected chi connectivity index (χ3v) is 5.83. The number of nitrogens with one attached hydrogen (secondary N) is 2. The molecule has 0 amide bonds. The predicted octanol–water partition coefficient (Wildman–Crippen LogP) is 2.27. The fourth-order valence-electron chi connectivity index (χ4n) is 4.10. The van der Waals surface area contributed by atoms with Crippen molar-refractivity contribution in [2.24, 2.45) is 10.7 Å². The number of hydrogen-bond donors (Lipinski definition) is 3. The zero-order chi connectivity index (χ0) is 20.7. The van der Waals surface area contributed by atoms with Crippen molar-refractivity contribution >= 4 is 22.9 Å². The van der Waals surface area contributed by atoms with Gasteiger partial charge in [0, 0.05) is 42.5 Å². The molecule has 9 heteroatoms. The molecule has 0 spiro atoms. The van der Waals surface area contributed by atoms with Crippen molar-refractivity contribution in [3.8, 4) is 11.3 Å². The van der Waals surface area contributed by atoms with Crippen LogP contribution in [0.25, 0.3) is 16.8 Å². The zero-order valence-electron chi connectivity index (χ0n) is 16.8. The molecule has 0 radical (unpaired) electrons. The lowest BCUT2D eigenvalue weighted by atomic mass is 9.88.